The SMILES string of the molecule is CCNc1cc(C(=O)NCCN2CCOCC2)c(Cl)cn1. The Balaban J connectivity index is 1.85. The molecule has 21 heavy (non-hydrogen) atoms. The van der Waals surface area contributed by atoms with Crippen LogP contribution in [0.4, 0.5) is 5.82 Å². The number of carbonyl (C=O) groups excluding carboxylic acids is 1. The third-order valence-corrected chi connectivity index (χ3v) is 3.58. The number of nitrogens with one attached hydrogen (secondary N) is 2. The minimum Gasteiger partial charge on any atom is -0.379 e. The zero-order valence-electron chi connectivity index (χ0n) is 12.2. The molecule has 6 nitrogen and oxygen atoms in total. The van der Waals surface area contributed by atoms with Crippen LogP contribution in [-0.4, -0.2) is 61.7 Å². The van der Waals surface area contributed by atoms with Crippen LogP contribution in [-0.2, 0) is 4.74 Å². The Morgan fingerprint density at radius 2 is 2.24 bits per heavy atom. The molecule has 0 aromatic carbocycles. The molecule has 0 atom stereocenters. The van der Waals surface area contributed by atoms with Gasteiger partial charge >= 0.3 is 0 Å². The van der Waals surface area contributed by atoms with Crippen molar-refractivity contribution in [3.8, 4) is 0 Å². The van der Waals surface area contributed by atoms with Gasteiger partial charge in [0.25, 0.3) is 5.91 Å². The molecule has 7 heteroatoms. The first kappa shape index (κ1) is 16.0. The van der Waals surface area contributed by atoms with Crippen molar-refractivity contribution in [1.29, 1.82) is 0 Å². The zero-order chi connectivity index (χ0) is 15.1. The highest BCUT2D eigenvalue weighted by Crippen LogP contribution is 2.17. The lowest BCUT2D eigenvalue weighted by molar-refractivity contribution is 0.0383. The normalized spacial score (nSPS) is 15.7. The molecule has 1 fully saturated rings. The molecule has 0 spiro atoms. The number of pyridine rings is 1. The predicted octanol–water partition coefficient (Wildman–Crippen LogP) is 1.23. The van der Waals surface area contributed by atoms with E-state index in [1.54, 1.807) is 6.07 Å². The highest BCUT2D eigenvalue weighted by atomic mass is 35.5. The van der Waals surface area contributed by atoms with Gasteiger partial charge in [0.2, 0.25) is 0 Å². The molecule has 1 amide bonds. The van der Waals surface area contributed by atoms with Crippen molar-refractivity contribution < 1.29 is 9.53 Å². The summed E-state index contributed by atoms with van der Waals surface area (Å²) in [5, 5.41) is 6.32. The summed E-state index contributed by atoms with van der Waals surface area (Å²) in [6.45, 7) is 7.47. The number of rotatable bonds is 6. The summed E-state index contributed by atoms with van der Waals surface area (Å²) in [4.78, 5) is 18.6. The van der Waals surface area contributed by atoms with Crippen molar-refractivity contribution in [3.63, 3.8) is 0 Å². The minimum atomic E-state index is -0.171. The molecule has 1 saturated heterocycles. The maximum Gasteiger partial charge on any atom is 0.253 e. The van der Waals surface area contributed by atoms with E-state index in [0.29, 0.717) is 22.9 Å². The molecule has 1 aromatic rings. The van der Waals surface area contributed by atoms with Crippen LogP contribution in [0.5, 0.6) is 0 Å². The van der Waals surface area contributed by atoms with Crippen LogP contribution in [0.3, 0.4) is 0 Å². The number of nitrogens with zero attached hydrogens (tertiary/aromatic N) is 2. The van der Waals surface area contributed by atoms with Crippen molar-refractivity contribution in [1.82, 2.24) is 15.2 Å². The Hall–Kier alpha value is -1.37. The maximum absolute atomic E-state index is 12.2. The summed E-state index contributed by atoms with van der Waals surface area (Å²) in [5.41, 5.74) is 0.449. The van der Waals surface area contributed by atoms with E-state index in [4.69, 9.17) is 16.3 Å². The fraction of sp³-hybridized carbons (Fsp3) is 0.571. The van der Waals surface area contributed by atoms with Crippen LogP contribution in [0.2, 0.25) is 5.02 Å². The second-order valence-corrected chi connectivity index (χ2v) is 5.20. The molecule has 2 N–H and O–H groups in total. The summed E-state index contributed by atoms with van der Waals surface area (Å²) in [6, 6.07) is 1.68. The molecule has 0 aliphatic carbocycles. The number of amides is 1. The molecule has 2 rings (SSSR count). The van der Waals surface area contributed by atoms with Crippen LogP contribution in [0.15, 0.2) is 12.3 Å². The van der Waals surface area contributed by atoms with E-state index in [9.17, 15) is 4.79 Å². The zero-order valence-corrected chi connectivity index (χ0v) is 12.9. The van der Waals surface area contributed by atoms with Gasteiger partial charge in [-0.2, -0.15) is 0 Å². The van der Waals surface area contributed by atoms with E-state index in [1.165, 1.54) is 6.20 Å². The van der Waals surface area contributed by atoms with Crippen molar-refractivity contribution in [2.45, 2.75) is 6.92 Å². The largest absolute Gasteiger partial charge is 0.379 e. The van der Waals surface area contributed by atoms with Gasteiger partial charge in [-0.1, -0.05) is 11.6 Å². The molecular formula is C14H21ClN4O2. The number of carbonyl (C=O) groups is 1. The lowest BCUT2D eigenvalue weighted by Gasteiger charge is -2.26. The highest BCUT2D eigenvalue weighted by Gasteiger charge is 2.13. The number of halogens is 1. The quantitative estimate of drug-likeness (QED) is 0.827. The average Bonchev–Trinajstić information content (AvgIpc) is 2.50. The third-order valence-electron chi connectivity index (χ3n) is 3.28. The van der Waals surface area contributed by atoms with E-state index in [1.807, 2.05) is 6.92 Å². The molecule has 0 saturated carbocycles. The molecular weight excluding hydrogens is 292 g/mol. The van der Waals surface area contributed by atoms with Gasteiger partial charge < -0.3 is 15.4 Å². The molecule has 1 aliphatic rings. The van der Waals surface area contributed by atoms with E-state index in [2.05, 4.69) is 20.5 Å². The summed E-state index contributed by atoms with van der Waals surface area (Å²) in [7, 11) is 0. The number of ether oxygens (including phenoxy) is 1. The molecule has 1 aromatic heterocycles. The van der Waals surface area contributed by atoms with Crippen LogP contribution >= 0.6 is 11.6 Å². The number of hydrogen-bond donors (Lipinski definition) is 2. The van der Waals surface area contributed by atoms with Gasteiger partial charge in [0, 0.05) is 38.9 Å². The van der Waals surface area contributed by atoms with Crippen LogP contribution in [0, 0.1) is 0 Å². The van der Waals surface area contributed by atoms with Crippen molar-refractivity contribution in [2.24, 2.45) is 0 Å². The first-order valence-electron chi connectivity index (χ1n) is 7.18. The lowest BCUT2D eigenvalue weighted by atomic mass is 10.2. The summed E-state index contributed by atoms with van der Waals surface area (Å²) in [5.74, 6) is 0.482. The van der Waals surface area contributed by atoms with Crippen molar-refractivity contribution >= 4 is 23.3 Å². The number of hydrogen-bond acceptors (Lipinski definition) is 5. The maximum atomic E-state index is 12.2. The van der Waals surface area contributed by atoms with E-state index in [-0.39, 0.29) is 5.91 Å². The molecule has 0 unspecified atom stereocenters. The average molecular weight is 313 g/mol. The van der Waals surface area contributed by atoms with Gasteiger partial charge in [-0.05, 0) is 13.0 Å². The second-order valence-electron chi connectivity index (χ2n) is 4.79. The fourth-order valence-electron chi connectivity index (χ4n) is 2.14. The van der Waals surface area contributed by atoms with Gasteiger partial charge in [-0.15, -0.1) is 0 Å². The third kappa shape index (κ3) is 4.84. The molecule has 2 heterocycles. The van der Waals surface area contributed by atoms with Crippen LogP contribution < -0.4 is 10.6 Å². The lowest BCUT2D eigenvalue weighted by Crippen LogP contribution is -2.41. The van der Waals surface area contributed by atoms with E-state index in [0.717, 1.165) is 39.4 Å². The Bertz CT molecular complexity index is 478. The van der Waals surface area contributed by atoms with E-state index < -0.39 is 0 Å². The number of anilines is 1. The molecule has 116 valence electrons. The smallest absolute Gasteiger partial charge is 0.253 e. The fourth-order valence-corrected chi connectivity index (χ4v) is 2.33. The first-order valence-corrected chi connectivity index (χ1v) is 7.56. The molecule has 0 radical (unpaired) electrons. The number of morpholine rings is 1. The number of aromatic nitrogens is 1. The van der Waals surface area contributed by atoms with Crippen molar-refractivity contribution in [2.75, 3.05) is 51.3 Å². The van der Waals surface area contributed by atoms with Gasteiger partial charge in [0.1, 0.15) is 5.82 Å². The van der Waals surface area contributed by atoms with Gasteiger partial charge in [0.15, 0.2) is 0 Å². The second kappa shape index (κ2) is 8.17. The molecule has 0 bridgehead atoms. The Morgan fingerprint density at radius 1 is 1.48 bits per heavy atom. The summed E-state index contributed by atoms with van der Waals surface area (Å²) < 4.78 is 5.29. The van der Waals surface area contributed by atoms with E-state index >= 15 is 0 Å². The van der Waals surface area contributed by atoms with Gasteiger partial charge in [-0.3, -0.25) is 9.69 Å². The van der Waals surface area contributed by atoms with Gasteiger partial charge in [-0.25, -0.2) is 4.98 Å². The van der Waals surface area contributed by atoms with Crippen LogP contribution in [0.1, 0.15) is 17.3 Å². The van der Waals surface area contributed by atoms with Crippen molar-refractivity contribution in [3.05, 3.63) is 22.8 Å². The monoisotopic (exact) mass is 312 g/mol. The molecule has 1 aliphatic heterocycles. The standard InChI is InChI=1S/C14H21ClN4O2/c1-2-16-13-9-11(12(15)10-18-13)14(20)17-3-4-19-5-7-21-8-6-19/h9-10H,2-8H2,1H3,(H,16,18)(H,17,20). The highest BCUT2D eigenvalue weighted by molar-refractivity contribution is 6.33. The van der Waals surface area contributed by atoms with Gasteiger partial charge in [0.05, 0.1) is 23.8 Å². The first-order chi connectivity index (χ1) is 10.2. The Morgan fingerprint density at radius 3 is 2.95 bits per heavy atom. The Labute approximate surface area is 129 Å². The summed E-state index contributed by atoms with van der Waals surface area (Å²) in [6.07, 6.45) is 1.50. The minimum absolute atomic E-state index is 0.171. The Kier molecular flexibility index (Phi) is 6.22. The summed E-state index contributed by atoms with van der Waals surface area (Å²) >= 11 is 6.04. The predicted molar refractivity (Wildman–Crippen MR) is 83.0 cm³/mol. The topological polar surface area (TPSA) is 66.5 Å². The van der Waals surface area contributed by atoms with Crippen LogP contribution in [0.25, 0.3) is 0 Å².